The first kappa shape index (κ1) is 14.0. The highest BCUT2D eigenvalue weighted by Gasteiger charge is 2.24. The number of hydrogen-bond donors (Lipinski definition) is 3. The first-order chi connectivity index (χ1) is 9.19. The van der Waals surface area contributed by atoms with E-state index in [0.717, 1.165) is 36.8 Å². The third kappa shape index (κ3) is 4.04. The summed E-state index contributed by atoms with van der Waals surface area (Å²) in [6.07, 6.45) is 3.83. The van der Waals surface area contributed by atoms with Gasteiger partial charge in [0, 0.05) is 18.5 Å². The van der Waals surface area contributed by atoms with Crippen LogP contribution in [0.5, 0.6) is 0 Å². The number of amides is 1. The third-order valence-corrected chi connectivity index (χ3v) is 3.76. The van der Waals surface area contributed by atoms with E-state index in [1.165, 1.54) is 0 Å². The predicted molar refractivity (Wildman–Crippen MR) is 74.1 cm³/mol. The Morgan fingerprint density at radius 1 is 1.26 bits per heavy atom. The fourth-order valence-electron chi connectivity index (χ4n) is 2.56. The fourth-order valence-corrected chi connectivity index (χ4v) is 2.56. The van der Waals surface area contributed by atoms with Crippen molar-refractivity contribution < 1.29 is 9.90 Å². The lowest BCUT2D eigenvalue weighted by molar-refractivity contribution is -0.126. The maximum absolute atomic E-state index is 12.0. The molecule has 2 atom stereocenters. The van der Waals surface area contributed by atoms with Gasteiger partial charge in [-0.25, -0.2) is 0 Å². The molecule has 0 aromatic heterocycles. The molecule has 0 bridgehead atoms. The van der Waals surface area contributed by atoms with E-state index in [2.05, 4.69) is 5.32 Å². The highest BCUT2D eigenvalue weighted by molar-refractivity contribution is 5.78. The molecule has 0 radical (unpaired) electrons. The van der Waals surface area contributed by atoms with Crippen LogP contribution in [0.15, 0.2) is 24.3 Å². The van der Waals surface area contributed by atoms with Crippen molar-refractivity contribution in [3.8, 4) is 0 Å². The van der Waals surface area contributed by atoms with Crippen molar-refractivity contribution >= 4 is 5.91 Å². The van der Waals surface area contributed by atoms with Crippen LogP contribution >= 0.6 is 0 Å². The zero-order valence-corrected chi connectivity index (χ0v) is 11.1. The van der Waals surface area contributed by atoms with Gasteiger partial charge >= 0.3 is 0 Å². The number of aliphatic hydroxyl groups excluding tert-OH is 1. The van der Waals surface area contributed by atoms with Gasteiger partial charge in [0.1, 0.15) is 0 Å². The van der Waals surface area contributed by atoms with Crippen LogP contribution in [0.1, 0.15) is 36.8 Å². The average molecular weight is 262 g/mol. The number of rotatable bonds is 4. The molecule has 4 nitrogen and oxygen atoms in total. The van der Waals surface area contributed by atoms with E-state index in [1.54, 1.807) is 0 Å². The van der Waals surface area contributed by atoms with E-state index in [4.69, 9.17) is 10.8 Å². The van der Waals surface area contributed by atoms with Crippen molar-refractivity contribution in [1.82, 2.24) is 5.32 Å². The van der Waals surface area contributed by atoms with Gasteiger partial charge < -0.3 is 16.2 Å². The van der Waals surface area contributed by atoms with Crippen molar-refractivity contribution in [2.45, 2.75) is 44.9 Å². The molecule has 0 spiro atoms. The van der Waals surface area contributed by atoms with Crippen LogP contribution in [0.2, 0.25) is 0 Å². The van der Waals surface area contributed by atoms with Gasteiger partial charge in [-0.1, -0.05) is 30.7 Å². The summed E-state index contributed by atoms with van der Waals surface area (Å²) >= 11 is 0. The molecule has 1 aliphatic carbocycles. The van der Waals surface area contributed by atoms with E-state index in [9.17, 15) is 4.79 Å². The van der Waals surface area contributed by atoms with Crippen LogP contribution in [-0.4, -0.2) is 17.1 Å². The first-order valence-electron chi connectivity index (χ1n) is 6.91. The molecular weight excluding hydrogens is 240 g/mol. The van der Waals surface area contributed by atoms with Gasteiger partial charge in [-0.15, -0.1) is 0 Å². The topological polar surface area (TPSA) is 75.4 Å². The number of carbonyl (C=O) groups excluding carboxylic acids is 1. The minimum Gasteiger partial charge on any atom is -0.392 e. The summed E-state index contributed by atoms with van der Waals surface area (Å²) in [6, 6.07) is 7.78. The van der Waals surface area contributed by atoms with E-state index < -0.39 is 0 Å². The molecule has 0 saturated heterocycles. The molecule has 19 heavy (non-hydrogen) atoms. The Labute approximate surface area is 114 Å². The van der Waals surface area contributed by atoms with Crippen molar-refractivity contribution in [3.63, 3.8) is 0 Å². The number of nitrogens with one attached hydrogen (secondary N) is 1. The van der Waals surface area contributed by atoms with Gasteiger partial charge in [0.15, 0.2) is 0 Å². The number of aliphatic hydroxyl groups is 1. The molecule has 1 fully saturated rings. The van der Waals surface area contributed by atoms with E-state index in [-0.39, 0.29) is 24.5 Å². The van der Waals surface area contributed by atoms with Crippen LogP contribution in [0.3, 0.4) is 0 Å². The second-order valence-corrected chi connectivity index (χ2v) is 5.32. The van der Waals surface area contributed by atoms with Crippen LogP contribution in [0, 0.1) is 5.92 Å². The number of hydrogen-bond acceptors (Lipinski definition) is 3. The van der Waals surface area contributed by atoms with Crippen molar-refractivity contribution in [3.05, 3.63) is 35.4 Å². The molecule has 1 aromatic carbocycles. The first-order valence-corrected chi connectivity index (χ1v) is 6.91. The van der Waals surface area contributed by atoms with Crippen molar-refractivity contribution in [2.75, 3.05) is 0 Å². The molecule has 1 aromatic rings. The maximum Gasteiger partial charge on any atom is 0.223 e. The molecular formula is C15H22N2O2. The average Bonchev–Trinajstić information content (AvgIpc) is 2.45. The lowest BCUT2D eigenvalue weighted by atomic mass is 9.85. The lowest BCUT2D eigenvalue weighted by Gasteiger charge is -2.25. The van der Waals surface area contributed by atoms with Gasteiger partial charge in [-0.05, 0) is 30.4 Å². The standard InChI is InChI=1S/C15H22N2O2/c16-14-3-1-2-13(8-14)15(19)17-9-11-4-6-12(10-18)7-5-11/h4-7,13-14,18H,1-3,8-10,16H2,(H,17,19). The molecule has 2 unspecified atom stereocenters. The smallest absolute Gasteiger partial charge is 0.223 e. The molecule has 4 heteroatoms. The lowest BCUT2D eigenvalue weighted by Crippen LogP contribution is -2.37. The maximum atomic E-state index is 12.0. The second kappa shape index (κ2) is 6.68. The van der Waals surface area contributed by atoms with E-state index >= 15 is 0 Å². The molecule has 0 heterocycles. The Bertz CT molecular complexity index is 417. The highest BCUT2D eigenvalue weighted by atomic mass is 16.3. The van der Waals surface area contributed by atoms with Gasteiger partial charge in [0.2, 0.25) is 5.91 Å². The molecule has 4 N–H and O–H groups in total. The van der Waals surface area contributed by atoms with Gasteiger partial charge in [0.25, 0.3) is 0 Å². The molecule has 104 valence electrons. The Kier molecular flexibility index (Phi) is 4.93. The van der Waals surface area contributed by atoms with Gasteiger partial charge in [0.05, 0.1) is 6.61 Å². The molecule has 1 amide bonds. The number of nitrogens with two attached hydrogens (primary N) is 1. The zero-order chi connectivity index (χ0) is 13.7. The van der Waals surface area contributed by atoms with Crippen LogP contribution in [-0.2, 0) is 17.9 Å². The minimum atomic E-state index is 0.0482. The molecule has 0 aliphatic heterocycles. The predicted octanol–water partition coefficient (Wildman–Crippen LogP) is 1.31. The second-order valence-electron chi connectivity index (χ2n) is 5.32. The van der Waals surface area contributed by atoms with Crippen molar-refractivity contribution in [2.24, 2.45) is 11.7 Å². The summed E-state index contributed by atoms with van der Waals surface area (Å²) in [6.45, 7) is 0.586. The van der Waals surface area contributed by atoms with Gasteiger partial charge in [-0.3, -0.25) is 4.79 Å². The normalized spacial score (nSPS) is 23.1. The number of carbonyl (C=O) groups is 1. The van der Waals surface area contributed by atoms with Crippen LogP contribution in [0.25, 0.3) is 0 Å². The summed E-state index contributed by atoms with van der Waals surface area (Å²) in [7, 11) is 0. The molecule has 2 rings (SSSR count). The third-order valence-electron chi connectivity index (χ3n) is 3.76. The van der Waals surface area contributed by atoms with Gasteiger partial charge in [-0.2, -0.15) is 0 Å². The Balaban J connectivity index is 1.82. The Hall–Kier alpha value is -1.39. The number of benzene rings is 1. The quantitative estimate of drug-likeness (QED) is 0.766. The zero-order valence-electron chi connectivity index (χ0n) is 11.1. The summed E-state index contributed by atoms with van der Waals surface area (Å²) in [5.74, 6) is 0.182. The summed E-state index contributed by atoms with van der Waals surface area (Å²) in [4.78, 5) is 12.0. The summed E-state index contributed by atoms with van der Waals surface area (Å²) in [5, 5.41) is 11.9. The Morgan fingerprint density at radius 3 is 2.58 bits per heavy atom. The summed E-state index contributed by atoms with van der Waals surface area (Å²) in [5.41, 5.74) is 7.83. The van der Waals surface area contributed by atoms with Crippen LogP contribution in [0.4, 0.5) is 0 Å². The SMILES string of the molecule is NC1CCCC(C(=O)NCc2ccc(CO)cc2)C1. The highest BCUT2D eigenvalue weighted by Crippen LogP contribution is 2.23. The summed E-state index contributed by atoms with van der Waals surface area (Å²) < 4.78 is 0. The fraction of sp³-hybridized carbons (Fsp3) is 0.533. The monoisotopic (exact) mass is 262 g/mol. The molecule has 1 aliphatic rings. The largest absolute Gasteiger partial charge is 0.392 e. The van der Waals surface area contributed by atoms with E-state index in [0.29, 0.717) is 6.54 Å². The van der Waals surface area contributed by atoms with Crippen LogP contribution < -0.4 is 11.1 Å². The van der Waals surface area contributed by atoms with E-state index in [1.807, 2.05) is 24.3 Å². The van der Waals surface area contributed by atoms with Crippen molar-refractivity contribution in [1.29, 1.82) is 0 Å². The minimum absolute atomic E-state index is 0.0482. The Morgan fingerprint density at radius 2 is 1.95 bits per heavy atom. The molecule has 1 saturated carbocycles.